The Balaban J connectivity index is 2.69. The molecule has 1 aliphatic heterocycles. The predicted molar refractivity (Wildman–Crippen MR) is 319 cm³/mol. The summed E-state index contributed by atoms with van der Waals surface area (Å²) in [6.45, 7) is 5.62. The topological polar surface area (TPSA) is 175 Å². The maximum absolute atomic E-state index is 13.4. The van der Waals surface area contributed by atoms with Gasteiger partial charge in [-0.2, -0.15) is 0 Å². The molecule has 11 heteroatoms. The summed E-state index contributed by atoms with van der Waals surface area (Å²) in [4.78, 5) is 26.5. The Labute approximate surface area is 470 Å². The van der Waals surface area contributed by atoms with Crippen molar-refractivity contribution in [1.29, 1.82) is 0 Å². The molecule has 1 fully saturated rings. The lowest BCUT2D eigenvalue weighted by molar-refractivity contribution is -0.305. The van der Waals surface area contributed by atoms with E-state index >= 15 is 0 Å². The Morgan fingerprint density at radius 2 is 0.987 bits per heavy atom. The molecule has 8 atom stereocenters. The minimum atomic E-state index is -1.63. The van der Waals surface area contributed by atoms with Crippen LogP contribution in [0.1, 0.15) is 258 Å². The number of aliphatic hydroxyl groups excluding tert-OH is 5. The third-order valence-electron chi connectivity index (χ3n) is 14.4. The second kappa shape index (κ2) is 53.5. The fraction of sp³-hybridized carbons (Fsp3) is 0.758. The van der Waals surface area contributed by atoms with Gasteiger partial charge in [-0.15, -0.1) is 0 Å². The number of hydrogen-bond donors (Lipinski definition) is 6. The van der Waals surface area contributed by atoms with Crippen molar-refractivity contribution in [3.8, 4) is 0 Å². The molecular formula is C66H115NO10. The smallest absolute Gasteiger partial charge is 0.306 e. The van der Waals surface area contributed by atoms with Gasteiger partial charge in [0, 0.05) is 6.42 Å². The van der Waals surface area contributed by atoms with Crippen molar-refractivity contribution in [1.82, 2.24) is 5.32 Å². The van der Waals surface area contributed by atoms with Crippen LogP contribution in [-0.2, 0) is 23.8 Å². The lowest BCUT2D eigenvalue weighted by atomic mass is 9.99. The van der Waals surface area contributed by atoms with Gasteiger partial charge in [-0.1, -0.05) is 260 Å². The first-order valence-electron chi connectivity index (χ1n) is 31.4. The third kappa shape index (κ3) is 41.5. The number of carbonyl (C=O) groups is 2. The van der Waals surface area contributed by atoms with E-state index in [4.69, 9.17) is 14.2 Å². The van der Waals surface area contributed by atoms with Gasteiger partial charge in [-0.25, -0.2) is 0 Å². The van der Waals surface area contributed by atoms with Crippen molar-refractivity contribution in [2.45, 2.75) is 307 Å². The summed E-state index contributed by atoms with van der Waals surface area (Å²) >= 11 is 0. The van der Waals surface area contributed by atoms with E-state index in [1.165, 1.54) is 122 Å². The van der Waals surface area contributed by atoms with Crippen LogP contribution in [-0.4, -0.2) is 99.6 Å². The number of aliphatic hydroxyl groups is 5. The molecule has 1 aliphatic rings. The molecule has 6 N–H and O–H groups in total. The number of rotatable bonds is 52. The number of ether oxygens (including phenoxy) is 3. The van der Waals surface area contributed by atoms with E-state index in [0.29, 0.717) is 12.8 Å². The number of carbonyl (C=O) groups excluding carboxylic acids is 2. The molecular weight excluding hydrogens is 967 g/mol. The van der Waals surface area contributed by atoms with Crippen LogP contribution >= 0.6 is 0 Å². The lowest BCUT2D eigenvalue weighted by Crippen LogP contribution is -2.61. The molecule has 0 aromatic carbocycles. The molecule has 1 saturated heterocycles. The highest BCUT2D eigenvalue weighted by Gasteiger charge is 2.47. The number of unbranched alkanes of at least 4 members (excludes halogenated alkanes) is 29. The first kappa shape index (κ1) is 71.9. The highest BCUT2D eigenvalue weighted by molar-refractivity contribution is 5.80. The summed E-state index contributed by atoms with van der Waals surface area (Å²) in [6, 6.07) is -1.03. The number of nitrogens with one attached hydrogen (secondary N) is 1. The predicted octanol–water partition coefficient (Wildman–Crippen LogP) is 14.9. The second-order valence-electron chi connectivity index (χ2n) is 21.5. The lowest BCUT2D eigenvalue weighted by Gasteiger charge is -2.41. The van der Waals surface area contributed by atoms with E-state index < -0.39 is 67.4 Å². The van der Waals surface area contributed by atoms with Gasteiger partial charge in [-0.05, 0) is 77.0 Å². The fourth-order valence-corrected chi connectivity index (χ4v) is 9.40. The number of esters is 1. The Bertz CT molecular complexity index is 1570. The third-order valence-corrected chi connectivity index (χ3v) is 14.4. The van der Waals surface area contributed by atoms with Crippen LogP contribution < -0.4 is 5.32 Å². The minimum Gasteiger partial charge on any atom is -0.454 e. The molecule has 1 rings (SSSR count). The van der Waals surface area contributed by atoms with E-state index in [2.05, 4.69) is 62.5 Å². The molecule has 11 nitrogen and oxygen atoms in total. The molecule has 0 aliphatic carbocycles. The summed E-state index contributed by atoms with van der Waals surface area (Å²) in [5, 5.41) is 57.0. The van der Waals surface area contributed by atoms with Crippen LogP contribution in [0.2, 0.25) is 0 Å². The standard InChI is InChI=1S/C66H115NO10/c1-4-7-10-13-16-19-22-25-27-28-29-30-31-33-35-38-41-44-47-50-53-59(70)65(74)67-57(58(69)52-49-46-43-40-37-34-24-21-18-15-12-9-6-3)56-75-66-64(63(73)62(72)60(55-68)76-66)77-61(71)54-51-48-45-42-39-36-32-26-23-20-17-14-11-8-5-2/h8,11,14,16-17,19-20,23,25-27,32,49,52,57-60,62-64,66,68-70,72-73H,4-7,9-10,12-13,15,18,21-22,24,28-31,33-48,50-51,53-56H2,1-3H3,(H,67,74)/b11-8+,17-14+,19-16-,23-20+,27-25-,32-26-,52-49+. The van der Waals surface area contributed by atoms with Crippen molar-refractivity contribution in [2.24, 2.45) is 0 Å². The Morgan fingerprint density at radius 1 is 0.532 bits per heavy atom. The van der Waals surface area contributed by atoms with E-state index in [1.807, 2.05) is 42.5 Å². The maximum atomic E-state index is 13.4. The van der Waals surface area contributed by atoms with Crippen LogP contribution in [0, 0.1) is 0 Å². The van der Waals surface area contributed by atoms with Crippen LogP contribution in [0.5, 0.6) is 0 Å². The van der Waals surface area contributed by atoms with Gasteiger partial charge in [0.15, 0.2) is 12.4 Å². The summed E-state index contributed by atoms with van der Waals surface area (Å²) in [6.07, 6.45) is 59.0. The fourth-order valence-electron chi connectivity index (χ4n) is 9.40. The Kier molecular flexibility index (Phi) is 49.9. The van der Waals surface area contributed by atoms with Gasteiger partial charge in [0.25, 0.3) is 0 Å². The highest BCUT2D eigenvalue weighted by atomic mass is 16.7. The van der Waals surface area contributed by atoms with E-state index in [1.54, 1.807) is 6.08 Å². The summed E-state index contributed by atoms with van der Waals surface area (Å²) in [5.41, 5.74) is 0. The molecule has 8 unspecified atom stereocenters. The van der Waals surface area contributed by atoms with Crippen LogP contribution in [0.4, 0.5) is 0 Å². The van der Waals surface area contributed by atoms with Crippen molar-refractivity contribution in [2.75, 3.05) is 13.2 Å². The molecule has 0 aromatic heterocycles. The quantitative estimate of drug-likeness (QED) is 0.0149. The molecule has 0 radical (unpaired) electrons. The normalized spacial score (nSPS) is 19.6. The van der Waals surface area contributed by atoms with Gasteiger partial charge in [-0.3, -0.25) is 9.59 Å². The molecule has 0 aromatic rings. The largest absolute Gasteiger partial charge is 0.454 e. The molecule has 0 bridgehead atoms. The summed E-state index contributed by atoms with van der Waals surface area (Å²) in [5.74, 6) is -1.22. The number of allylic oxidation sites excluding steroid dienone is 13. The Hall–Kier alpha value is -3.16. The van der Waals surface area contributed by atoms with Crippen LogP contribution in [0.3, 0.4) is 0 Å². The van der Waals surface area contributed by atoms with Gasteiger partial charge in [0.2, 0.25) is 5.91 Å². The van der Waals surface area contributed by atoms with Crippen molar-refractivity contribution >= 4 is 11.9 Å². The second-order valence-corrected chi connectivity index (χ2v) is 21.5. The molecule has 1 heterocycles. The maximum Gasteiger partial charge on any atom is 0.306 e. The molecule has 0 spiro atoms. The van der Waals surface area contributed by atoms with Crippen molar-refractivity contribution in [3.63, 3.8) is 0 Å². The highest BCUT2D eigenvalue weighted by Crippen LogP contribution is 2.26. The zero-order valence-corrected chi connectivity index (χ0v) is 49.1. The van der Waals surface area contributed by atoms with Crippen molar-refractivity contribution < 1.29 is 49.3 Å². The average molecular weight is 1080 g/mol. The van der Waals surface area contributed by atoms with E-state index in [0.717, 1.165) is 89.9 Å². The van der Waals surface area contributed by atoms with Gasteiger partial charge < -0.3 is 45.1 Å². The molecule has 444 valence electrons. The average Bonchev–Trinajstić information content (AvgIpc) is 3.43. The molecule has 77 heavy (non-hydrogen) atoms. The van der Waals surface area contributed by atoms with E-state index in [-0.39, 0.29) is 19.4 Å². The monoisotopic (exact) mass is 1080 g/mol. The number of hydrogen-bond acceptors (Lipinski definition) is 10. The summed E-state index contributed by atoms with van der Waals surface area (Å²) < 4.78 is 17.6. The summed E-state index contributed by atoms with van der Waals surface area (Å²) in [7, 11) is 0. The molecule has 0 saturated carbocycles. The minimum absolute atomic E-state index is 0.0941. The zero-order chi connectivity index (χ0) is 56.1. The first-order valence-corrected chi connectivity index (χ1v) is 31.4. The van der Waals surface area contributed by atoms with Crippen LogP contribution in [0.25, 0.3) is 0 Å². The molecule has 1 amide bonds. The Morgan fingerprint density at radius 3 is 1.53 bits per heavy atom. The van der Waals surface area contributed by atoms with Gasteiger partial charge in [0.1, 0.15) is 24.4 Å². The first-order chi connectivity index (χ1) is 37.7. The van der Waals surface area contributed by atoms with Gasteiger partial charge >= 0.3 is 5.97 Å². The van der Waals surface area contributed by atoms with Crippen molar-refractivity contribution in [3.05, 3.63) is 85.1 Å². The SMILES string of the molecule is CC/C=C/C=C/C=C/C=C\CCCCCCCC(=O)OC1C(OCC(NC(=O)C(O)CCCCCCCCCCCC/C=C\C/C=C\CCCCC)C(O)/C=C/CCCCCCCCCCCCC)OC(CO)C(O)C1O. The van der Waals surface area contributed by atoms with E-state index in [9.17, 15) is 35.1 Å². The van der Waals surface area contributed by atoms with Crippen LogP contribution in [0.15, 0.2) is 85.1 Å². The number of amides is 1. The van der Waals surface area contributed by atoms with Gasteiger partial charge in [0.05, 0.1) is 25.4 Å². The zero-order valence-electron chi connectivity index (χ0n) is 49.1.